The zero-order valence-corrected chi connectivity index (χ0v) is 15.9. The molecule has 0 bridgehead atoms. The maximum atomic E-state index is 13.0. The van der Waals surface area contributed by atoms with Gasteiger partial charge >= 0.3 is 0 Å². The zero-order valence-electron chi connectivity index (χ0n) is 15.9. The molecule has 5 rings (SSSR count). The van der Waals surface area contributed by atoms with Gasteiger partial charge in [-0.15, -0.1) is 0 Å². The van der Waals surface area contributed by atoms with Crippen LogP contribution in [0.1, 0.15) is 59.0 Å². The minimum atomic E-state index is 0.0206. The number of fused-ring (bicyclic) bond motifs is 1. The van der Waals surface area contributed by atoms with Crippen molar-refractivity contribution in [1.29, 1.82) is 0 Å². The average Bonchev–Trinajstić information content (AvgIpc) is 3.27. The van der Waals surface area contributed by atoms with Gasteiger partial charge in [0.05, 0.1) is 0 Å². The van der Waals surface area contributed by atoms with Gasteiger partial charge < -0.3 is 9.32 Å². The van der Waals surface area contributed by atoms with E-state index in [-0.39, 0.29) is 11.9 Å². The van der Waals surface area contributed by atoms with Gasteiger partial charge in [-0.3, -0.25) is 9.69 Å². The molecule has 1 amide bonds. The number of aromatic nitrogens is 1. The number of carbonyl (C=O) groups excluding carboxylic acids is 1. The molecule has 0 unspecified atom stereocenters. The standard InChI is InChI=1S/C22H27N3O2/c1-24(22(26)20-21(15-8-9-15)27-14-23-20)18-7-4-10-25(13-18)19-11-16-5-2-3-6-17(16)12-19/h2-3,5-6,14-15,18-19H,4,7-13H2,1H3/t18-/m0/s1. The van der Waals surface area contributed by atoms with Crippen LogP contribution in [0.25, 0.3) is 0 Å². The number of benzene rings is 1. The number of hydrogen-bond donors (Lipinski definition) is 0. The number of hydrogen-bond acceptors (Lipinski definition) is 4. The second-order valence-corrected chi connectivity index (χ2v) is 8.38. The average molecular weight is 365 g/mol. The van der Waals surface area contributed by atoms with Crippen molar-refractivity contribution in [3.8, 4) is 0 Å². The van der Waals surface area contributed by atoms with E-state index >= 15 is 0 Å². The number of piperidine rings is 1. The van der Waals surface area contributed by atoms with Crippen LogP contribution in [0.5, 0.6) is 0 Å². The molecule has 1 saturated heterocycles. The maximum Gasteiger partial charge on any atom is 0.276 e. The number of amides is 1. The van der Waals surface area contributed by atoms with Crippen molar-refractivity contribution in [2.75, 3.05) is 20.1 Å². The van der Waals surface area contributed by atoms with Crippen molar-refractivity contribution < 1.29 is 9.21 Å². The number of carbonyl (C=O) groups is 1. The molecule has 1 aromatic heterocycles. The highest BCUT2D eigenvalue weighted by atomic mass is 16.3. The van der Waals surface area contributed by atoms with Crippen molar-refractivity contribution in [3.05, 3.63) is 53.2 Å². The maximum absolute atomic E-state index is 13.0. The predicted octanol–water partition coefficient (Wildman–Crippen LogP) is 3.26. The summed E-state index contributed by atoms with van der Waals surface area (Å²) in [5.74, 6) is 1.22. The first-order chi connectivity index (χ1) is 13.2. The summed E-state index contributed by atoms with van der Waals surface area (Å²) < 4.78 is 5.52. The van der Waals surface area contributed by atoms with E-state index in [1.165, 1.54) is 17.5 Å². The predicted molar refractivity (Wildman–Crippen MR) is 103 cm³/mol. The number of nitrogens with zero attached hydrogens (tertiary/aromatic N) is 3. The van der Waals surface area contributed by atoms with Gasteiger partial charge in [-0.2, -0.15) is 0 Å². The van der Waals surface area contributed by atoms with Crippen LogP contribution < -0.4 is 0 Å². The third-order valence-corrected chi connectivity index (χ3v) is 6.59. The molecule has 2 heterocycles. The lowest BCUT2D eigenvalue weighted by molar-refractivity contribution is 0.0549. The molecule has 3 aliphatic rings. The van der Waals surface area contributed by atoms with Gasteiger partial charge in [0.2, 0.25) is 0 Å². The van der Waals surface area contributed by atoms with Crippen LogP contribution in [0, 0.1) is 0 Å². The van der Waals surface area contributed by atoms with Crippen LogP contribution >= 0.6 is 0 Å². The Morgan fingerprint density at radius 3 is 2.63 bits per heavy atom. The lowest BCUT2D eigenvalue weighted by Crippen LogP contribution is -2.52. The fourth-order valence-corrected chi connectivity index (χ4v) is 4.81. The SMILES string of the molecule is CN(C(=O)c1ncoc1C1CC1)[C@H]1CCCN(C2Cc3ccccc3C2)C1. The first-order valence-corrected chi connectivity index (χ1v) is 10.2. The van der Waals surface area contributed by atoms with E-state index < -0.39 is 0 Å². The van der Waals surface area contributed by atoms with Crippen LogP contribution in [0.15, 0.2) is 35.1 Å². The molecule has 1 saturated carbocycles. The van der Waals surface area contributed by atoms with Gasteiger partial charge in [0.15, 0.2) is 12.1 Å². The third kappa shape index (κ3) is 3.18. The minimum Gasteiger partial charge on any atom is -0.447 e. The zero-order chi connectivity index (χ0) is 18.4. The monoisotopic (exact) mass is 365 g/mol. The molecular formula is C22H27N3O2. The molecule has 27 heavy (non-hydrogen) atoms. The number of oxazole rings is 1. The van der Waals surface area contributed by atoms with Gasteiger partial charge in [0.1, 0.15) is 5.76 Å². The van der Waals surface area contributed by atoms with Gasteiger partial charge in [-0.05, 0) is 56.2 Å². The molecule has 5 heteroatoms. The third-order valence-electron chi connectivity index (χ3n) is 6.59. The summed E-state index contributed by atoms with van der Waals surface area (Å²) in [5.41, 5.74) is 3.52. The summed E-state index contributed by atoms with van der Waals surface area (Å²) in [4.78, 5) is 21.8. The van der Waals surface area contributed by atoms with Crippen LogP contribution in [0.3, 0.4) is 0 Å². The highest BCUT2D eigenvalue weighted by Crippen LogP contribution is 2.41. The summed E-state index contributed by atoms with van der Waals surface area (Å²) in [7, 11) is 1.94. The summed E-state index contributed by atoms with van der Waals surface area (Å²) >= 11 is 0. The Labute approximate surface area is 160 Å². The largest absolute Gasteiger partial charge is 0.447 e. The molecule has 5 nitrogen and oxygen atoms in total. The first-order valence-electron chi connectivity index (χ1n) is 10.2. The molecule has 0 spiro atoms. The molecular weight excluding hydrogens is 338 g/mol. The van der Waals surface area contributed by atoms with E-state index in [2.05, 4.69) is 34.1 Å². The summed E-state index contributed by atoms with van der Waals surface area (Å²) in [5, 5.41) is 0. The molecule has 0 radical (unpaired) electrons. The normalized spacial score (nSPS) is 23.4. The second kappa shape index (κ2) is 6.79. The van der Waals surface area contributed by atoms with Crippen molar-refractivity contribution in [2.45, 2.75) is 56.5 Å². The topological polar surface area (TPSA) is 49.6 Å². The van der Waals surface area contributed by atoms with Crippen molar-refractivity contribution in [1.82, 2.24) is 14.8 Å². The Hall–Kier alpha value is -2.14. The van der Waals surface area contributed by atoms with E-state index in [9.17, 15) is 4.79 Å². The molecule has 2 aromatic rings. The van der Waals surface area contributed by atoms with Crippen LogP contribution in [0.2, 0.25) is 0 Å². The number of likely N-dealkylation sites (N-methyl/N-ethyl adjacent to an activating group) is 1. The molecule has 1 atom stereocenters. The van der Waals surface area contributed by atoms with Gasteiger partial charge in [0.25, 0.3) is 5.91 Å². The van der Waals surface area contributed by atoms with Crippen LogP contribution in [-0.4, -0.2) is 52.9 Å². The highest BCUT2D eigenvalue weighted by molar-refractivity contribution is 5.93. The Balaban J connectivity index is 1.27. The van der Waals surface area contributed by atoms with E-state index in [1.807, 2.05) is 11.9 Å². The first kappa shape index (κ1) is 17.0. The van der Waals surface area contributed by atoms with Gasteiger partial charge in [0, 0.05) is 31.6 Å². The van der Waals surface area contributed by atoms with Crippen LogP contribution in [0.4, 0.5) is 0 Å². The van der Waals surface area contributed by atoms with E-state index in [0.29, 0.717) is 17.7 Å². The smallest absolute Gasteiger partial charge is 0.276 e. The molecule has 0 N–H and O–H groups in total. The van der Waals surface area contributed by atoms with E-state index in [4.69, 9.17) is 4.42 Å². The minimum absolute atomic E-state index is 0.0206. The molecule has 1 aliphatic heterocycles. The van der Waals surface area contributed by atoms with Gasteiger partial charge in [-0.1, -0.05) is 24.3 Å². The lowest BCUT2D eigenvalue weighted by Gasteiger charge is -2.40. The fraction of sp³-hybridized carbons (Fsp3) is 0.545. The molecule has 1 aromatic carbocycles. The van der Waals surface area contributed by atoms with Crippen molar-refractivity contribution in [2.24, 2.45) is 0 Å². The van der Waals surface area contributed by atoms with Crippen molar-refractivity contribution >= 4 is 5.91 Å². The summed E-state index contributed by atoms with van der Waals surface area (Å²) in [6.45, 7) is 2.09. The Bertz CT molecular complexity index is 817. The second-order valence-electron chi connectivity index (χ2n) is 8.38. The molecule has 2 fully saturated rings. The highest BCUT2D eigenvalue weighted by Gasteiger charge is 2.36. The van der Waals surface area contributed by atoms with Gasteiger partial charge in [-0.25, -0.2) is 4.98 Å². The quantitative estimate of drug-likeness (QED) is 0.834. The number of rotatable bonds is 4. The van der Waals surface area contributed by atoms with E-state index in [0.717, 1.165) is 57.4 Å². The Morgan fingerprint density at radius 2 is 1.93 bits per heavy atom. The van der Waals surface area contributed by atoms with Crippen molar-refractivity contribution in [3.63, 3.8) is 0 Å². The molecule has 2 aliphatic carbocycles. The fourth-order valence-electron chi connectivity index (χ4n) is 4.81. The number of likely N-dealkylation sites (tertiary alicyclic amines) is 1. The van der Waals surface area contributed by atoms with E-state index in [1.54, 1.807) is 0 Å². The Morgan fingerprint density at radius 1 is 1.19 bits per heavy atom. The van der Waals surface area contributed by atoms with Crippen LogP contribution in [-0.2, 0) is 12.8 Å². The lowest BCUT2D eigenvalue weighted by atomic mass is 10.0. The summed E-state index contributed by atoms with van der Waals surface area (Å²) in [6.07, 6.45) is 8.12. The summed E-state index contributed by atoms with van der Waals surface area (Å²) in [6, 6.07) is 9.62. The Kier molecular flexibility index (Phi) is 4.27. The molecule has 142 valence electrons.